The molecule has 13 heavy (non-hydrogen) atoms. The van der Waals surface area contributed by atoms with Crippen LogP contribution >= 0.6 is 11.3 Å². The van der Waals surface area contributed by atoms with Crippen LogP contribution in [0.3, 0.4) is 0 Å². The summed E-state index contributed by atoms with van der Waals surface area (Å²) in [5.74, 6) is 0. The predicted octanol–water partition coefficient (Wildman–Crippen LogP) is 1.26. The minimum absolute atomic E-state index is 0.247. The first kappa shape index (κ1) is 9.91. The fraction of sp³-hybridized carbons (Fsp3) is 0.571. The molecule has 1 heterocycles. The van der Waals surface area contributed by atoms with E-state index in [9.17, 15) is 4.79 Å². The van der Waals surface area contributed by atoms with E-state index in [0.717, 1.165) is 17.8 Å². The van der Waals surface area contributed by atoms with Crippen LogP contribution in [0.15, 0.2) is 0 Å². The van der Waals surface area contributed by atoms with Gasteiger partial charge in [-0.3, -0.25) is 0 Å². The third-order valence-electron chi connectivity index (χ3n) is 1.36. The third kappa shape index (κ3) is 3.37. The van der Waals surface area contributed by atoms with E-state index >= 15 is 0 Å². The van der Waals surface area contributed by atoms with E-state index in [0.29, 0.717) is 5.01 Å². The van der Waals surface area contributed by atoms with Crippen LogP contribution in [0, 0.1) is 0 Å². The summed E-state index contributed by atoms with van der Waals surface area (Å²) in [6.45, 7) is 2.31. The summed E-state index contributed by atoms with van der Waals surface area (Å²) >= 11 is 1.45. The van der Waals surface area contributed by atoms with E-state index in [1.54, 1.807) is 0 Å². The lowest BCUT2D eigenvalue weighted by Crippen LogP contribution is -2.19. The molecule has 1 aromatic rings. The fourth-order valence-corrected chi connectivity index (χ4v) is 1.71. The highest BCUT2D eigenvalue weighted by atomic mass is 32.1. The molecule has 1 aromatic heterocycles. The van der Waals surface area contributed by atoms with Gasteiger partial charge < -0.3 is 10.4 Å². The molecule has 2 N–H and O–H groups in total. The topological polar surface area (TPSA) is 75.1 Å². The molecule has 1 amide bonds. The zero-order valence-corrected chi connectivity index (χ0v) is 8.10. The monoisotopic (exact) mass is 201 g/mol. The van der Waals surface area contributed by atoms with E-state index in [1.807, 2.05) is 0 Å². The third-order valence-corrected chi connectivity index (χ3v) is 2.35. The van der Waals surface area contributed by atoms with Gasteiger partial charge in [0.1, 0.15) is 10.0 Å². The highest BCUT2D eigenvalue weighted by Crippen LogP contribution is 2.10. The molecule has 0 radical (unpaired) electrons. The second-order valence-electron chi connectivity index (χ2n) is 2.50. The number of aromatic nitrogens is 2. The van der Waals surface area contributed by atoms with Crippen molar-refractivity contribution < 1.29 is 9.90 Å². The Bertz CT molecular complexity index is 287. The molecule has 0 aliphatic rings. The first-order chi connectivity index (χ1) is 6.22. The van der Waals surface area contributed by atoms with Gasteiger partial charge in [0.25, 0.3) is 0 Å². The van der Waals surface area contributed by atoms with Gasteiger partial charge in [-0.05, 0) is 6.42 Å². The van der Waals surface area contributed by atoms with Crippen LogP contribution in [0.2, 0.25) is 0 Å². The first-order valence-electron chi connectivity index (χ1n) is 4.00. The van der Waals surface area contributed by atoms with Crippen molar-refractivity contribution in [1.82, 2.24) is 15.5 Å². The van der Waals surface area contributed by atoms with Gasteiger partial charge in [-0.2, -0.15) is 0 Å². The first-order valence-corrected chi connectivity index (χ1v) is 4.82. The minimum Gasteiger partial charge on any atom is -0.465 e. The Kier molecular flexibility index (Phi) is 3.63. The Balaban J connectivity index is 2.44. The molecule has 0 aliphatic heterocycles. The van der Waals surface area contributed by atoms with Crippen molar-refractivity contribution in [3.63, 3.8) is 0 Å². The molecular weight excluding hydrogens is 190 g/mol. The van der Waals surface area contributed by atoms with E-state index < -0.39 is 6.09 Å². The summed E-state index contributed by atoms with van der Waals surface area (Å²) in [5, 5.41) is 20.0. The molecular formula is C7H11N3O2S. The van der Waals surface area contributed by atoms with Crippen LogP contribution in [0.1, 0.15) is 23.4 Å². The molecule has 0 saturated heterocycles. The molecule has 0 atom stereocenters. The number of rotatable bonds is 4. The summed E-state index contributed by atoms with van der Waals surface area (Å²) < 4.78 is 0. The van der Waals surface area contributed by atoms with E-state index in [4.69, 9.17) is 5.11 Å². The van der Waals surface area contributed by atoms with Crippen molar-refractivity contribution in [3.05, 3.63) is 10.0 Å². The Morgan fingerprint density at radius 1 is 1.54 bits per heavy atom. The largest absolute Gasteiger partial charge is 0.465 e. The molecule has 0 bridgehead atoms. The fourth-order valence-electron chi connectivity index (χ4n) is 0.826. The highest BCUT2D eigenvalue weighted by molar-refractivity contribution is 7.11. The van der Waals surface area contributed by atoms with Crippen molar-refractivity contribution in [2.24, 2.45) is 0 Å². The molecule has 0 aromatic carbocycles. The quantitative estimate of drug-likeness (QED) is 0.769. The predicted molar refractivity (Wildman–Crippen MR) is 48.8 cm³/mol. The standard InChI is InChI=1S/C7H11N3O2S/c1-2-3-5-9-10-6(13-5)4-8-7(11)12/h8H,2-4H2,1H3,(H,11,12). The van der Waals surface area contributed by atoms with Crippen molar-refractivity contribution in [3.8, 4) is 0 Å². The maximum atomic E-state index is 10.2. The van der Waals surface area contributed by atoms with Gasteiger partial charge in [0.2, 0.25) is 0 Å². The molecule has 72 valence electrons. The molecule has 0 unspecified atom stereocenters. The van der Waals surface area contributed by atoms with Gasteiger partial charge in [-0.1, -0.05) is 18.3 Å². The lowest BCUT2D eigenvalue weighted by molar-refractivity contribution is 0.194. The summed E-state index contributed by atoms with van der Waals surface area (Å²) in [7, 11) is 0. The lowest BCUT2D eigenvalue weighted by atomic mass is 10.4. The maximum absolute atomic E-state index is 10.2. The van der Waals surface area contributed by atoms with Crippen LogP contribution in [0.5, 0.6) is 0 Å². The lowest BCUT2D eigenvalue weighted by Gasteiger charge is -1.93. The van der Waals surface area contributed by atoms with Gasteiger partial charge in [-0.25, -0.2) is 4.79 Å². The van der Waals surface area contributed by atoms with Crippen LogP contribution in [0.25, 0.3) is 0 Å². The molecule has 6 heteroatoms. The summed E-state index contributed by atoms with van der Waals surface area (Å²) in [6.07, 6.45) is 0.901. The number of nitrogens with one attached hydrogen (secondary N) is 1. The smallest absolute Gasteiger partial charge is 0.405 e. The second kappa shape index (κ2) is 4.76. The Hall–Kier alpha value is -1.17. The summed E-state index contributed by atoms with van der Waals surface area (Å²) in [4.78, 5) is 10.2. The van der Waals surface area contributed by atoms with E-state index in [1.165, 1.54) is 11.3 Å². The Morgan fingerprint density at radius 2 is 2.23 bits per heavy atom. The second-order valence-corrected chi connectivity index (χ2v) is 3.64. The van der Waals surface area contributed by atoms with Gasteiger partial charge in [0.15, 0.2) is 0 Å². The highest BCUT2D eigenvalue weighted by Gasteiger charge is 2.03. The molecule has 0 spiro atoms. The number of hydrogen-bond donors (Lipinski definition) is 2. The van der Waals surface area contributed by atoms with Crippen molar-refractivity contribution in [2.75, 3.05) is 0 Å². The Labute approximate surface area is 79.8 Å². The molecule has 0 fully saturated rings. The number of carbonyl (C=O) groups is 1. The summed E-state index contributed by atoms with van der Waals surface area (Å²) in [5.41, 5.74) is 0. The van der Waals surface area contributed by atoms with Crippen LogP contribution in [0.4, 0.5) is 4.79 Å². The zero-order chi connectivity index (χ0) is 9.68. The van der Waals surface area contributed by atoms with Gasteiger partial charge >= 0.3 is 6.09 Å². The van der Waals surface area contributed by atoms with E-state index in [-0.39, 0.29) is 6.54 Å². The SMILES string of the molecule is CCCc1nnc(CNC(=O)O)s1. The number of amides is 1. The molecule has 0 saturated carbocycles. The van der Waals surface area contributed by atoms with Crippen molar-refractivity contribution >= 4 is 17.4 Å². The number of carboxylic acid groups (broad SMARTS) is 1. The van der Waals surface area contributed by atoms with Crippen molar-refractivity contribution in [2.45, 2.75) is 26.3 Å². The average Bonchev–Trinajstić information content (AvgIpc) is 2.50. The summed E-state index contributed by atoms with van der Waals surface area (Å²) in [6, 6.07) is 0. The zero-order valence-electron chi connectivity index (χ0n) is 7.28. The van der Waals surface area contributed by atoms with Crippen LogP contribution < -0.4 is 5.32 Å². The normalized spacial score (nSPS) is 9.92. The molecule has 1 rings (SSSR count). The van der Waals surface area contributed by atoms with Gasteiger partial charge in [0, 0.05) is 6.42 Å². The minimum atomic E-state index is -1.03. The van der Waals surface area contributed by atoms with Gasteiger partial charge in [0.05, 0.1) is 6.54 Å². The number of hydrogen-bond acceptors (Lipinski definition) is 4. The van der Waals surface area contributed by atoms with E-state index in [2.05, 4.69) is 22.4 Å². The van der Waals surface area contributed by atoms with Crippen molar-refractivity contribution in [1.29, 1.82) is 0 Å². The number of aryl methyl sites for hydroxylation is 1. The van der Waals surface area contributed by atoms with Gasteiger partial charge in [-0.15, -0.1) is 10.2 Å². The number of nitrogens with zero attached hydrogens (tertiary/aromatic N) is 2. The Morgan fingerprint density at radius 3 is 2.85 bits per heavy atom. The average molecular weight is 201 g/mol. The molecule has 5 nitrogen and oxygen atoms in total. The maximum Gasteiger partial charge on any atom is 0.405 e. The van der Waals surface area contributed by atoms with Crippen LogP contribution in [-0.4, -0.2) is 21.4 Å². The molecule has 0 aliphatic carbocycles. The van der Waals surface area contributed by atoms with Crippen LogP contribution in [-0.2, 0) is 13.0 Å².